The van der Waals surface area contributed by atoms with Crippen molar-refractivity contribution in [3.63, 3.8) is 0 Å². The van der Waals surface area contributed by atoms with Gasteiger partial charge < -0.3 is 25.0 Å². The molecular weight excluding hydrogens is 492 g/mol. The molecule has 0 saturated heterocycles. The number of rotatable bonds is 7. The summed E-state index contributed by atoms with van der Waals surface area (Å²) in [6.07, 6.45) is 0. The number of esters is 2. The molecule has 4 rings (SSSR count). The molecule has 0 saturated carbocycles. The minimum absolute atomic E-state index is 0.191. The first-order valence-electron chi connectivity index (χ1n) is 11.9. The second-order valence-corrected chi connectivity index (χ2v) is 9.26. The Bertz CT molecular complexity index is 1380. The van der Waals surface area contributed by atoms with Crippen LogP contribution in [-0.4, -0.2) is 40.3 Å². The number of hydrogen-bond acceptors (Lipinski definition) is 9. The van der Waals surface area contributed by atoms with Crippen molar-refractivity contribution in [1.29, 1.82) is 0 Å². The van der Waals surface area contributed by atoms with Gasteiger partial charge in [0.1, 0.15) is 5.01 Å². The number of carbonyl (C=O) groups is 2. The predicted octanol–water partition coefficient (Wildman–Crippen LogP) is 5.25. The molecule has 0 fully saturated rings. The van der Waals surface area contributed by atoms with Crippen LogP contribution in [0.3, 0.4) is 0 Å². The lowest BCUT2D eigenvalue weighted by Gasteiger charge is -2.31. The number of aromatic nitrogens is 1. The van der Waals surface area contributed by atoms with E-state index in [2.05, 4.69) is 5.32 Å². The molecule has 3 aromatic rings. The standard InChI is InChI=1S/C28H28N2O6S/c1-5-35-27(33)23-15(3)29-16(4)24(28(34)36-6-2)25(23)18-9-7-8-10-19(18)26-30-20(14-37-26)17-11-12-21(31)22(32)13-17/h7-14,25,29,31-32H,5-6H2,1-4H3. The third-order valence-electron chi connectivity index (χ3n) is 6.03. The van der Waals surface area contributed by atoms with Crippen LogP contribution >= 0.6 is 11.3 Å². The van der Waals surface area contributed by atoms with E-state index in [-0.39, 0.29) is 24.7 Å². The Morgan fingerprint density at radius 3 is 2.16 bits per heavy atom. The summed E-state index contributed by atoms with van der Waals surface area (Å²) in [5, 5.41) is 25.2. The van der Waals surface area contributed by atoms with E-state index in [0.717, 1.165) is 5.56 Å². The van der Waals surface area contributed by atoms with E-state index in [1.165, 1.54) is 23.5 Å². The van der Waals surface area contributed by atoms with Crippen molar-refractivity contribution < 1.29 is 29.3 Å². The maximum atomic E-state index is 13.2. The van der Waals surface area contributed by atoms with E-state index in [9.17, 15) is 19.8 Å². The number of nitrogens with one attached hydrogen (secondary N) is 1. The van der Waals surface area contributed by atoms with Gasteiger partial charge in [-0.15, -0.1) is 11.3 Å². The number of dihydropyridines is 1. The van der Waals surface area contributed by atoms with E-state index in [4.69, 9.17) is 14.5 Å². The maximum Gasteiger partial charge on any atom is 0.336 e. The fourth-order valence-electron chi connectivity index (χ4n) is 4.42. The van der Waals surface area contributed by atoms with Crippen molar-refractivity contribution in [1.82, 2.24) is 10.3 Å². The molecule has 0 spiro atoms. The highest BCUT2D eigenvalue weighted by Crippen LogP contribution is 2.44. The van der Waals surface area contributed by atoms with Crippen LogP contribution in [0.25, 0.3) is 21.8 Å². The zero-order chi connectivity index (χ0) is 26.7. The van der Waals surface area contributed by atoms with Crippen LogP contribution in [0.2, 0.25) is 0 Å². The Hall–Kier alpha value is -4.11. The molecule has 2 heterocycles. The number of phenols is 2. The first-order valence-corrected chi connectivity index (χ1v) is 12.7. The molecule has 1 aliphatic heterocycles. The minimum Gasteiger partial charge on any atom is -0.504 e. The smallest absolute Gasteiger partial charge is 0.336 e. The number of benzene rings is 2. The maximum absolute atomic E-state index is 13.2. The second-order valence-electron chi connectivity index (χ2n) is 8.40. The molecule has 3 N–H and O–H groups in total. The lowest BCUT2D eigenvalue weighted by molar-refractivity contribution is -0.139. The quantitative estimate of drug-likeness (QED) is 0.286. The Labute approximate surface area is 218 Å². The monoisotopic (exact) mass is 520 g/mol. The van der Waals surface area contributed by atoms with E-state index in [0.29, 0.717) is 44.4 Å². The van der Waals surface area contributed by atoms with E-state index < -0.39 is 17.9 Å². The third-order valence-corrected chi connectivity index (χ3v) is 6.90. The number of thiazole rings is 1. The van der Waals surface area contributed by atoms with Crippen LogP contribution in [0.5, 0.6) is 11.5 Å². The highest BCUT2D eigenvalue weighted by molar-refractivity contribution is 7.13. The molecule has 2 aromatic carbocycles. The molecule has 0 aliphatic carbocycles. The lowest BCUT2D eigenvalue weighted by atomic mass is 9.78. The Balaban J connectivity index is 1.88. The largest absolute Gasteiger partial charge is 0.504 e. The van der Waals surface area contributed by atoms with Crippen LogP contribution in [0.1, 0.15) is 39.2 Å². The number of hydrogen-bond donors (Lipinski definition) is 3. The van der Waals surface area contributed by atoms with Crippen molar-refractivity contribution in [3.8, 4) is 33.3 Å². The molecule has 37 heavy (non-hydrogen) atoms. The summed E-state index contributed by atoms with van der Waals surface area (Å²) >= 11 is 1.39. The van der Waals surface area contributed by atoms with Gasteiger partial charge >= 0.3 is 11.9 Å². The van der Waals surface area contributed by atoms with E-state index >= 15 is 0 Å². The molecule has 1 aromatic heterocycles. The summed E-state index contributed by atoms with van der Waals surface area (Å²) < 4.78 is 10.8. The molecule has 0 atom stereocenters. The Kier molecular flexibility index (Phi) is 7.63. The zero-order valence-electron chi connectivity index (χ0n) is 21.0. The lowest BCUT2D eigenvalue weighted by Crippen LogP contribution is -2.32. The molecule has 9 heteroatoms. The summed E-state index contributed by atoms with van der Waals surface area (Å²) in [5.41, 5.74) is 4.59. The number of nitrogens with zero attached hydrogens (tertiary/aromatic N) is 1. The average Bonchev–Trinajstić information content (AvgIpc) is 3.35. The summed E-state index contributed by atoms with van der Waals surface area (Å²) in [6.45, 7) is 7.42. The van der Waals surface area contributed by atoms with Crippen LogP contribution in [0, 0.1) is 0 Å². The average molecular weight is 521 g/mol. The topological polar surface area (TPSA) is 118 Å². The first-order chi connectivity index (χ1) is 17.8. The normalized spacial score (nSPS) is 13.9. The van der Waals surface area contributed by atoms with Crippen LogP contribution < -0.4 is 5.32 Å². The van der Waals surface area contributed by atoms with Gasteiger partial charge in [0.25, 0.3) is 0 Å². The van der Waals surface area contributed by atoms with Gasteiger partial charge in [0.15, 0.2) is 11.5 Å². The summed E-state index contributed by atoms with van der Waals surface area (Å²) in [6, 6.07) is 12.0. The third kappa shape index (κ3) is 5.08. The SMILES string of the molecule is CCOC(=O)C1=C(C)NC(C)=C(C(=O)OCC)C1c1ccccc1-c1nc(-c2ccc(O)c(O)c2)cs1. The van der Waals surface area contributed by atoms with Gasteiger partial charge in [-0.25, -0.2) is 14.6 Å². The molecule has 0 radical (unpaired) electrons. The number of allylic oxidation sites excluding steroid dienone is 2. The molecule has 1 aliphatic rings. The zero-order valence-corrected chi connectivity index (χ0v) is 21.8. The van der Waals surface area contributed by atoms with Crippen molar-refractivity contribution in [3.05, 3.63) is 75.9 Å². The fourth-order valence-corrected chi connectivity index (χ4v) is 5.30. The highest BCUT2D eigenvalue weighted by Gasteiger charge is 2.39. The van der Waals surface area contributed by atoms with Crippen molar-refractivity contribution in [2.24, 2.45) is 0 Å². The van der Waals surface area contributed by atoms with Crippen LogP contribution in [-0.2, 0) is 19.1 Å². The molecular formula is C28H28N2O6S. The van der Waals surface area contributed by atoms with Gasteiger partial charge in [-0.1, -0.05) is 24.3 Å². The van der Waals surface area contributed by atoms with Crippen LogP contribution in [0.4, 0.5) is 0 Å². The summed E-state index contributed by atoms with van der Waals surface area (Å²) in [5.74, 6) is -2.21. The first kappa shape index (κ1) is 26.0. The van der Waals surface area contributed by atoms with Crippen molar-refractivity contribution >= 4 is 23.3 Å². The molecule has 8 nitrogen and oxygen atoms in total. The fraction of sp³-hybridized carbons (Fsp3) is 0.250. The molecule has 0 unspecified atom stereocenters. The Morgan fingerprint density at radius 1 is 0.946 bits per heavy atom. The van der Waals surface area contributed by atoms with Crippen molar-refractivity contribution in [2.75, 3.05) is 13.2 Å². The van der Waals surface area contributed by atoms with Gasteiger partial charge in [0.2, 0.25) is 0 Å². The molecule has 0 amide bonds. The minimum atomic E-state index is -0.736. The second kappa shape index (κ2) is 10.9. The molecule has 0 bridgehead atoms. The van der Waals surface area contributed by atoms with Crippen molar-refractivity contribution in [2.45, 2.75) is 33.6 Å². The number of phenolic OH excluding ortho intramolecular Hbond substituents is 2. The van der Waals surface area contributed by atoms with Gasteiger partial charge in [0, 0.05) is 27.9 Å². The molecule has 192 valence electrons. The van der Waals surface area contributed by atoms with Gasteiger partial charge in [-0.2, -0.15) is 0 Å². The summed E-state index contributed by atoms with van der Waals surface area (Å²) in [7, 11) is 0. The van der Waals surface area contributed by atoms with Gasteiger partial charge in [-0.05, 0) is 51.5 Å². The van der Waals surface area contributed by atoms with Gasteiger partial charge in [0.05, 0.1) is 36.0 Å². The van der Waals surface area contributed by atoms with Crippen LogP contribution in [0.15, 0.2) is 70.4 Å². The summed E-state index contributed by atoms with van der Waals surface area (Å²) in [4.78, 5) is 31.1. The number of aromatic hydroxyl groups is 2. The predicted molar refractivity (Wildman–Crippen MR) is 141 cm³/mol. The number of carbonyl (C=O) groups excluding carboxylic acids is 2. The van der Waals surface area contributed by atoms with E-state index in [1.807, 2.05) is 29.6 Å². The van der Waals surface area contributed by atoms with E-state index in [1.54, 1.807) is 33.8 Å². The number of ether oxygens (including phenoxy) is 2. The Morgan fingerprint density at radius 2 is 1.57 bits per heavy atom. The van der Waals surface area contributed by atoms with Gasteiger partial charge in [-0.3, -0.25) is 0 Å². The highest BCUT2D eigenvalue weighted by atomic mass is 32.1.